The highest BCUT2D eigenvalue weighted by molar-refractivity contribution is 5.84. The zero-order valence-electron chi connectivity index (χ0n) is 21.0. The van der Waals surface area contributed by atoms with Crippen LogP contribution < -0.4 is 15.5 Å². The fourth-order valence-corrected chi connectivity index (χ4v) is 5.15. The van der Waals surface area contributed by atoms with Gasteiger partial charge in [-0.15, -0.1) is 0 Å². The smallest absolute Gasteiger partial charge is 0.249 e. The Hall–Kier alpha value is -3.44. The normalized spacial score (nSPS) is 15.4. The van der Waals surface area contributed by atoms with Gasteiger partial charge in [0.1, 0.15) is 23.1 Å². The Morgan fingerprint density at radius 2 is 1.82 bits per heavy atom. The first kappa shape index (κ1) is 27.6. The predicted molar refractivity (Wildman–Crippen MR) is 134 cm³/mol. The summed E-state index contributed by atoms with van der Waals surface area (Å²) >= 11 is 0. The third-order valence-electron chi connectivity index (χ3n) is 7.35. The van der Waals surface area contributed by atoms with Gasteiger partial charge in [-0.25, -0.2) is 23.0 Å². The highest BCUT2D eigenvalue weighted by Gasteiger charge is 2.40. The number of hydrogen-bond acceptors (Lipinski definition) is 6. The number of rotatable bonds is 10. The number of nitrogens with one attached hydrogen (secondary N) is 2. The van der Waals surface area contributed by atoms with Gasteiger partial charge < -0.3 is 15.0 Å². The molecule has 3 N–H and O–H groups in total. The number of nitrogens with zero attached hydrogens (tertiary/aromatic N) is 2. The molecule has 4 rings (SSSR count). The second-order valence-corrected chi connectivity index (χ2v) is 9.56. The van der Waals surface area contributed by atoms with Crippen LogP contribution in [0.5, 0.6) is 5.75 Å². The third kappa shape index (κ3) is 5.99. The molecule has 0 saturated carbocycles. The number of hydrogen-bond donors (Lipinski definition) is 3. The molecule has 0 atom stereocenters. The number of aromatic nitrogens is 1. The molecule has 204 valence electrons. The molecule has 1 aromatic heterocycles. The predicted octanol–water partition coefficient (Wildman–Crippen LogP) is 4.82. The van der Waals surface area contributed by atoms with Crippen molar-refractivity contribution in [1.82, 2.24) is 15.4 Å². The molecule has 11 heteroatoms. The van der Waals surface area contributed by atoms with Crippen LogP contribution in [-0.2, 0) is 11.2 Å². The molecule has 1 amide bonds. The summed E-state index contributed by atoms with van der Waals surface area (Å²) in [4.78, 5) is 18.9. The SMILES string of the molecule is COc1ccc2ncc(F)c(CCCC3(C(=O)NO)CCN(CCNc4c(F)cc(F)cc4F)CC3)c2c1. The molecule has 0 unspecified atom stereocenters. The van der Waals surface area contributed by atoms with Crippen LogP contribution in [0.1, 0.15) is 31.2 Å². The van der Waals surface area contributed by atoms with Crippen molar-refractivity contribution in [3.8, 4) is 5.75 Å². The number of hydroxylamine groups is 1. The lowest BCUT2D eigenvalue weighted by atomic mass is 9.73. The average molecular weight is 535 g/mol. The molecular formula is C27H30F4N4O3. The Morgan fingerprint density at radius 1 is 1.11 bits per heavy atom. The Bertz CT molecular complexity index is 1280. The first-order chi connectivity index (χ1) is 18.3. The summed E-state index contributed by atoms with van der Waals surface area (Å²) in [6, 6.07) is 6.50. The van der Waals surface area contributed by atoms with E-state index in [1.807, 2.05) is 4.90 Å². The maximum atomic E-state index is 14.7. The van der Waals surface area contributed by atoms with Gasteiger partial charge in [0.05, 0.1) is 24.2 Å². The molecule has 1 aliphatic rings. The van der Waals surface area contributed by atoms with E-state index in [0.717, 1.165) is 0 Å². The number of anilines is 1. The molecule has 0 aliphatic carbocycles. The molecule has 0 spiro atoms. The second-order valence-electron chi connectivity index (χ2n) is 9.56. The fourth-order valence-electron chi connectivity index (χ4n) is 5.15. The number of carbonyl (C=O) groups excluding carboxylic acids is 1. The summed E-state index contributed by atoms with van der Waals surface area (Å²) < 4.78 is 60.7. The molecule has 38 heavy (non-hydrogen) atoms. The van der Waals surface area contributed by atoms with Gasteiger partial charge in [0, 0.05) is 30.6 Å². The van der Waals surface area contributed by atoms with E-state index in [2.05, 4.69) is 10.3 Å². The van der Waals surface area contributed by atoms with Gasteiger partial charge in [0.2, 0.25) is 5.91 Å². The number of aryl methyl sites for hydroxylation is 1. The van der Waals surface area contributed by atoms with E-state index in [4.69, 9.17) is 4.74 Å². The van der Waals surface area contributed by atoms with Crippen LogP contribution >= 0.6 is 0 Å². The van der Waals surface area contributed by atoms with Crippen molar-refractivity contribution in [3.63, 3.8) is 0 Å². The number of likely N-dealkylation sites (tertiary alicyclic amines) is 1. The van der Waals surface area contributed by atoms with Crippen LogP contribution in [-0.4, -0.2) is 54.3 Å². The summed E-state index contributed by atoms with van der Waals surface area (Å²) in [7, 11) is 1.53. The number of amides is 1. The number of piperidine rings is 1. The van der Waals surface area contributed by atoms with Crippen LogP contribution in [0.25, 0.3) is 10.9 Å². The summed E-state index contributed by atoms with van der Waals surface area (Å²) in [6.07, 6.45) is 3.41. The van der Waals surface area contributed by atoms with E-state index in [1.54, 1.807) is 23.7 Å². The van der Waals surface area contributed by atoms with Gasteiger partial charge in [-0.3, -0.25) is 15.0 Å². The van der Waals surface area contributed by atoms with Crippen molar-refractivity contribution in [1.29, 1.82) is 0 Å². The quantitative estimate of drug-likeness (QED) is 0.196. The lowest BCUT2D eigenvalue weighted by Gasteiger charge is -2.40. The van der Waals surface area contributed by atoms with E-state index in [-0.39, 0.29) is 12.2 Å². The van der Waals surface area contributed by atoms with Gasteiger partial charge in [0.25, 0.3) is 0 Å². The Morgan fingerprint density at radius 3 is 2.47 bits per heavy atom. The van der Waals surface area contributed by atoms with Crippen LogP contribution in [0.3, 0.4) is 0 Å². The third-order valence-corrected chi connectivity index (χ3v) is 7.35. The van der Waals surface area contributed by atoms with E-state index in [1.165, 1.54) is 13.3 Å². The lowest BCUT2D eigenvalue weighted by molar-refractivity contribution is -0.143. The lowest BCUT2D eigenvalue weighted by Crippen LogP contribution is -2.49. The minimum Gasteiger partial charge on any atom is -0.497 e. The number of halogens is 4. The van der Waals surface area contributed by atoms with Crippen LogP contribution in [0.4, 0.5) is 23.2 Å². The standard InChI is InChI=1S/C27H30F4N4O3/c1-38-18-4-5-24-20(15-18)19(23(31)16-33-24)3-2-6-27(26(36)34-37)7-10-35(11-8-27)12-9-32-25-21(29)13-17(28)14-22(25)30/h4-5,13-16,32,37H,2-3,6-12H2,1H3,(H,34,36). The van der Waals surface area contributed by atoms with Gasteiger partial charge in [0.15, 0.2) is 11.6 Å². The van der Waals surface area contributed by atoms with E-state index >= 15 is 0 Å². The average Bonchev–Trinajstić information content (AvgIpc) is 2.91. The van der Waals surface area contributed by atoms with Crippen molar-refractivity contribution in [3.05, 3.63) is 65.4 Å². The van der Waals surface area contributed by atoms with E-state index in [9.17, 15) is 27.6 Å². The van der Waals surface area contributed by atoms with Crippen molar-refractivity contribution in [2.24, 2.45) is 5.41 Å². The molecule has 7 nitrogen and oxygen atoms in total. The van der Waals surface area contributed by atoms with Crippen LogP contribution in [0.15, 0.2) is 36.5 Å². The molecule has 0 radical (unpaired) electrons. The molecule has 2 aromatic carbocycles. The summed E-state index contributed by atoms with van der Waals surface area (Å²) in [6.45, 7) is 1.71. The maximum Gasteiger partial charge on any atom is 0.249 e. The van der Waals surface area contributed by atoms with Gasteiger partial charge >= 0.3 is 0 Å². The number of carbonyl (C=O) groups is 1. The Labute approximate surface area is 217 Å². The van der Waals surface area contributed by atoms with Crippen LogP contribution in [0.2, 0.25) is 0 Å². The maximum absolute atomic E-state index is 14.7. The minimum absolute atomic E-state index is 0.219. The molecule has 1 fully saturated rings. The van der Waals surface area contributed by atoms with E-state index in [0.29, 0.717) is 86.1 Å². The fraction of sp³-hybridized carbons (Fsp3) is 0.407. The van der Waals surface area contributed by atoms with Gasteiger partial charge in [-0.2, -0.15) is 0 Å². The Balaban J connectivity index is 1.36. The van der Waals surface area contributed by atoms with Crippen molar-refractivity contribution in [2.75, 3.05) is 38.6 Å². The summed E-state index contributed by atoms with van der Waals surface area (Å²) in [5.41, 5.74) is 1.72. The van der Waals surface area contributed by atoms with Crippen molar-refractivity contribution in [2.45, 2.75) is 32.1 Å². The minimum atomic E-state index is -1.00. The topological polar surface area (TPSA) is 86.7 Å². The van der Waals surface area contributed by atoms with Crippen molar-refractivity contribution >= 4 is 22.5 Å². The first-order valence-corrected chi connectivity index (χ1v) is 12.4. The van der Waals surface area contributed by atoms with Crippen molar-refractivity contribution < 1.29 is 32.3 Å². The number of methoxy groups -OCH3 is 1. The highest BCUT2D eigenvalue weighted by atomic mass is 19.1. The summed E-state index contributed by atoms with van der Waals surface area (Å²) in [5, 5.41) is 12.7. The zero-order valence-corrected chi connectivity index (χ0v) is 21.0. The number of fused-ring (bicyclic) bond motifs is 1. The summed E-state index contributed by atoms with van der Waals surface area (Å²) in [5.74, 6) is -3.31. The molecule has 3 aromatic rings. The first-order valence-electron chi connectivity index (χ1n) is 12.4. The molecule has 2 heterocycles. The number of pyridine rings is 1. The highest BCUT2D eigenvalue weighted by Crippen LogP contribution is 2.37. The molecule has 0 bridgehead atoms. The zero-order chi connectivity index (χ0) is 27.3. The second kappa shape index (κ2) is 12.0. The molecular weight excluding hydrogens is 504 g/mol. The van der Waals surface area contributed by atoms with E-state index < -0.39 is 34.6 Å². The number of ether oxygens (including phenoxy) is 1. The van der Waals surface area contributed by atoms with Gasteiger partial charge in [-0.1, -0.05) is 0 Å². The molecule has 1 aliphatic heterocycles. The van der Waals surface area contributed by atoms with Crippen LogP contribution in [0, 0.1) is 28.7 Å². The number of benzene rings is 2. The monoisotopic (exact) mass is 534 g/mol. The largest absolute Gasteiger partial charge is 0.497 e. The molecule has 1 saturated heterocycles. The van der Waals surface area contributed by atoms with Gasteiger partial charge in [-0.05, 0) is 69.0 Å². The Kier molecular flexibility index (Phi) is 8.68.